The molecule has 0 aliphatic carbocycles. The molecular formula is C58H54O4. The minimum Gasteiger partial charge on any atom is -0.496 e. The van der Waals surface area contributed by atoms with E-state index >= 15 is 0 Å². The van der Waals surface area contributed by atoms with Crippen molar-refractivity contribution in [2.75, 3.05) is 28.4 Å². The fourth-order valence-electron chi connectivity index (χ4n) is 11.5. The molecule has 0 atom stereocenters. The summed E-state index contributed by atoms with van der Waals surface area (Å²) in [4.78, 5) is 0. The van der Waals surface area contributed by atoms with Crippen LogP contribution in [-0.2, 0) is 12.8 Å². The van der Waals surface area contributed by atoms with Crippen molar-refractivity contribution in [2.24, 2.45) is 0 Å². The van der Waals surface area contributed by atoms with Gasteiger partial charge in [-0.15, -0.1) is 0 Å². The third kappa shape index (κ3) is 5.44. The second-order valence-corrected chi connectivity index (χ2v) is 17.5. The molecular weight excluding hydrogens is 761 g/mol. The minimum atomic E-state index is 0.825. The number of benzene rings is 11. The van der Waals surface area contributed by atoms with E-state index in [2.05, 4.69) is 111 Å². The standard InChI is InChI=1S/C58H54O4/c1-7-9-11-13-19-33-25-27-39-41(29-33)49-45(61-5)31-43(59-3)47-35-21-15-17-23-37(35)51-52-38-24-18-16-22-36(38)48-44(60-4)32-46(62-6)50-42-30-34(20-14-12-10-8-2)26-28-40(42)54(58(52)56(48)50)53(39)57(51)55(47)49/h15-18,21-32H,7-14,19-20H2,1-6H3. The number of aryl methyl sites for hydroxylation is 2. The van der Waals surface area contributed by atoms with Crippen molar-refractivity contribution < 1.29 is 18.9 Å². The van der Waals surface area contributed by atoms with Crippen molar-refractivity contribution >= 4 is 108 Å². The third-order valence-corrected chi connectivity index (χ3v) is 14.2. The molecule has 0 heterocycles. The van der Waals surface area contributed by atoms with E-state index in [1.807, 2.05) is 0 Å². The smallest absolute Gasteiger partial charge is 0.131 e. The SMILES string of the molecule is CCCCCCc1ccc2c(c1)c1c(OC)cc(OC)c3c4ccccc4c4c5c6ccccc6c6c(OC)cc(OC)c7c8cc(CCCCCC)ccc8c(c2c4c31)c5c67. The summed E-state index contributed by atoms with van der Waals surface area (Å²) in [6, 6.07) is 36.8. The minimum absolute atomic E-state index is 0.825. The highest BCUT2D eigenvalue weighted by Gasteiger charge is 2.30. The van der Waals surface area contributed by atoms with Crippen LogP contribution in [-0.4, -0.2) is 28.4 Å². The molecule has 4 nitrogen and oxygen atoms in total. The van der Waals surface area contributed by atoms with Gasteiger partial charge in [0, 0.05) is 55.2 Å². The van der Waals surface area contributed by atoms with Gasteiger partial charge < -0.3 is 18.9 Å². The average Bonchev–Trinajstić information content (AvgIpc) is 3.32. The Kier molecular flexibility index (Phi) is 9.52. The summed E-state index contributed by atoms with van der Waals surface area (Å²) in [6.45, 7) is 4.57. The maximum Gasteiger partial charge on any atom is 0.131 e. The van der Waals surface area contributed by atoms with Crippen molar-refractivity contribution in [3.63, 3.8) is 0 Å². The molecule has 4 heteroatoms. The first-order valence-corrected chi connectivity index (χ1v) is 22.9. The molecule has 0 amide bonds. The molecule has 62 heavy (non-hydrogen) atoms. The van der Waals surface area contributed by atoms with Gasteiger partial charge in [-0.05, 0) is 101 Å². The van der Waals surface area contributed by atoms with Crippen LogP contribution in [0.15, 0.2) is 97.1 Å². The maximum absolute atomic E-state index is 6.43. The molecule has 0 aliphatic heterocycles. The van der Waals surface area contributed by atoms with Gasteiger partial charge in [-0.2, -0.15) is 0 Å². The molecule has 0 saturated carbocycles. The number of fused-ring (bicyclic) bond motifs is 14. The van der Waals surface area contributed by atoms with Crippen LogP contribution in [0.4, 0.5) is 0 Å². The van der Waals surface area contributed by atoms with E-state index in [0.29, 0.717) is 0 Å². The predicted molar refractivity (Wildman–Crippen MR) is 266 cm³/mol. The zero-order chi connectivity index (χ0) is 42.2. The molecule has 310 valence electrons. The lowest BCUT2D eigenvalue weighted by Gasteiger charge is -2.27. The second kappa shape index (κ2) is 15.3. The number of hydrogen-bond acceptors (Lipinski definition) is 4. The van der Waals surface area contributed by atoms with Gasteiger partial charge in [0.1, 0.15) is 23.0 Å². The van der Waals surface area contributed by atoms with Gasteiger partial charge in [-0.1, -0.05) is 137 Å². The van der Waals surface area contributed by atoms with Crippen LogP contribution in [0.5, 0.6) is 23.0 Å². The van der Waals surface area contributed by atoms with Gasteiger partial charge in [0.25, 0.3) is 0 Å². The van der Waals surface area contributed by atoms with Gasteiger partial charge in [0.15, 0.2) is 0 Å². The van der Waals surface area contributed by atoms with E-state index in [1.54, 1.807) is 28.4 Å². The summed E-state index contributed by atoms with van der Waals surface area (Å²) < 4.78 is 25.6. The molecule has 11 aromatic rings. The summed E-state index contributed by atoms with van der Waals surface area (Å²) in [5.74, 6) is 3.32. The summed E-state index contributed by atoms with van der Waals surface area (Å²) in [5.41, 5.74) is 2.73. The molecule has 0 aromatic heterocycles. The Balaban J connectivity index is 1.48. The number of unbranched alkanes of at least 4 members (excludes halogenated alkanes) is 6. The van der Waals surface area contributed by atoms with Gasteiger partial charge in [-0.3, -0.25) is 0 Å². The lowest BCUT2D eigenvalue weighted by molar-refractivity contribution is 0.401. The Morgan fingerprint density at radius 3 is 0.935 bits per heavy atom. The Morgan fingerprint density at radius 2 is 0.597 bits per heavy atom. The highest BCUT2D eigenvalue weighted by molar-refractivity contribution is 6.56. The van der Waals surface area contributed by atoms with E-state index in [-0.39, 0.29) is 0 Å². The Hall–Kier alpha value is -6.26. The van der Waals surface area contributed by atoms with Crippen LogP contribution in [0.25, 0.3) is 108 Å². The third-order valence-electron chi connectivity index (χ3n) is 14.2. The fraction of sp³-hybridized carbons (Fsp3) is 0.276. The van der Waals surface area contributed by atoms with Crippen molar-refractivity contribution in [1.29, 1.82) is 0 Å². The predicted octanol–water partition coefficient (Wildman–Crippen LogP) is 16.4. The largest absolute Gasteiger partial charge is 0.496 e. The topological polar surface area (TPSA) is 36.9 Å². The van der Waals surface area contributed by atoms with Crippen molar-refractivity contribution in [1.82, 2.24) is 0 Å². The summed E-state index contributed by atoms with van der Waals surface area (Å²) in [6.07, 6.45) is 11.9. The van der Waals surface area contributed by atoms with Gasteiger partial charge in [0.05, 0.1) is 28.4 Å². The molecule has 0 saturated heterocycles. The first kappa shape index (κ1) is 38.6. The van der Waals surface area contributed by atoms with Crippen LogP contribution in [0.2, 0.25) is 0 Å². The highest BCUT2D eigenvalue weighted by atomic mass is 16.5. The lowest BCUT2D eigenvalue weighted by atomic mass is 9.77. The van der Waals surface area contributed by atoms with E-state index in [1.165, 1.54) is 149 Å². The summed E-state index contributed by atoms with van der Waals surface area (Å²) >= 11 is 0. The van der Waals surface area contributed by atoms with Gasteiger partial charge >= 0.3 is 0 Å². The van der Waals surface area contributed by atoms with E-state index in [4.69, 9.17) is 18.9 Å². The van der Waals surface area contributed by atoms with Gasteiger partial charge in [-0.25, -0.2) is 0 Å². The monoisotopic (exact) mass is 814 g/mol. The molecule has 0 N–H and O–H groups in total. The molecule has 11 aromatic carbocycles. The second-order valence-electron chi connectivity index (χ2n) is 17.5. The van der Waals surface area contributed by atoms with Crippen molar-refractivity contribution in [3.05, 3.63) is 108 Å². The average molecular weight is 815 g/mol. The number of ether oxygens (including phenoxy) is 4. The van der Waals surface area contributed by atoms with Crippen LogP contribution in [0, 0.1) is 0 Å². The molecule has 11 rings (SSSR count). The zero-order valence-electron chi connectivity index (χ0n) is 36.9. The summed E-state index contributed by atoms with van der Waals surface area (Å²) in [7, 11) is 7.21. The number of hydrogen-bond donors (Lipinski definition) is 0. The van der Waals surface area contributed by atoms with Crippen molar-refractivity contribution in [2.45, 2.75) is 78.1 Å². The normalized spacial score (nSPS) is 12.4. The van der Waals surface area contributed by atoms with Crippen molar-refractivity contribution in [3.8, 4) is 23.0 Å². The van der Waals surface area contributed by atoms with Crippen LogP contribution < -0.4 is 18.9 Å². The van der Waals surface area contributed by atoms with Crippen LogP contribution in [0.1, 0.15) is 76.3 Å². The number of rotatable bonds is 14. The maximum atomic E-state index is 6.43. The lowest BCUT2D eigenvalue weighted by Crippen LogP contribution is -2.00. The molecule has 0 spiro atoms. The van der Waals surface area contributed by atoms with Crippen LogP contribution in [0.3, 0.4) is 0 Å². The Morgan fingerprint density at radius 1 is 0.290 bits per heavy atom. The molecule has 0 fully saturated rings. The Labute approximate surface area is 362 Å². The van der Waals surface area contributed by atoms with E-state index < -0.39 is 0 Å². The molecule has 0 unspecified atom stereocenters. The first-order valence-electron chi connectivity index (χ1n) is 22.9. The zero-order valence-corrected chi connectivity index (χ0v) is 36.9. The van der Waals surface area contributed by atoms with Gasteiger partial charge in [0.2, 0.25) is 0 Å². The first-order chi connectivity index (χ1) is 30.6. The molecule has 0 radical (unpaired) electrons. The summed E-state index contributed by atoms with van der Waals surface area (Å²) in [5, 5.41) is 24.2. The number of methoxy groups -OCH3 is 4. The fourth-order valence-corrected chi connectivity index (χ4v) is 11.5. The van der Waals surface area contributed by atoms with E-state index in [0.717, 1.165) is 57.4 Å². The highest BCUT2D eigenvalue weighted by Crippen LogP contribution is 2.59. The van der Waals surface area contributed by atoms with Crippen LogP contribution >= 0.6 is 0 Å². The Bertz CT molecular complexity index is 3310. The quantitative estimate of drug-likeness (QED) is 0.0622. The molecule has 0 aliphatic rings. The molecule has 0 bridgehead atoms. The van der Waals surface area contributed by atoms with E-state index in [9.17, 15) is 0 Å².